The number of carbonyl (C=O) groups excluding carboxylic acids is 1. The third kappa shape index (κ3) is 2.59. The highest BCUT2D eigenvalue weighted by molar-refractivity contribution is 5.91. The van der Waals surface area contributed by atoms with Crippen molar-refractivity contribution >= 4 is 5.91 Å². The number of amides is 1. The second kappa shape index (κ2) is 4.09. The Kier molecular flexibility index (Phi) is 3.08. The maximum atomic E-state index is 11.3. The van der Waals surface area contributed by atoms with Gasteiger partial charge in [0.15, 0.2) is 5.76 Å². The van der Waals surface area contributed by atoms with Crippen molar-refractivity contribution in [3.05, 3.63) is 23.7 Å². The number of aliphatic hydroxyl groups excluding tert-OH is 1. The zero-order valence-electron chi connectivity index (χ0n) is 7.70. The van der Waals surface area contributed by atoms with Gasteiger partial charge in [-0.2, -0.15) is 0 Å². The van der Waals surface area contributed by atoms with Gasteiger partial charge >= 0.3 is 0 Å². The Labute approximate surface area is 76.6 Å². The molecule has 0 bridgehead atoms. The van der Waals surface area contributed by atoms with E-state index in [0.717, 1.165) is 0 Å². The lowest BCUT2D eigenvalue weighted by Gasteiger charge is -2.08. The summed E-state index contributed by atoms with van der Waals surface area (Å²) >= 11 is 0. The van der Waals surface area contributed by atoms with E-state index >= 15 is 0 Å². The number of hydrogen-bond donors (Lipinski definition) is 2. The zero-order valence-corrected chi connectivity index (χ0v) is 7.70. The molecule has 0 aromatic carbocycles. The molecule has 0 saturated carbocycles. The summed E-state index contributed by atoms with van der Waals surface area (Å²) in [6.45, 7) is 3.41. The molecular weight excluding hydrogens is 170 g/mol. The van der Waals surface area contributed by atoms with Gasteiger partial charge in [0.25, 0.3) is 5.91 Å². The van der Waals surface area contributed by atoms with Crippen LogP contribution in [0, 0.1) is 6.92 Å². The standard InChI is InChI=1S/C9H13NO3/c1-6(5-11)10-9(12)8-4-3-7(2)13-8/h3-4,6,11H,5H2,1-2H3,(H,10,12)/t6-/m1/s1. The molecule has 0 unspecified atom stereocenters. The van der Waals surface area contributed by atoms with Crippen molar-refractivity contribution in [3.63, 3.8) is 0 Å². The van der Waals surface area contributed by atoms with E-state index < -0.39 is 0 Å². The van der Waals surface area contributed by atoms with Gasteiger partial charge in [0.05, 0.1) is 6.61 Å². The third-order valence-corrected chi connectivity index (χ3v) is 1.62. The van der Waals surface area contributed by atoms with Crippen molar-refractivity contribution < 1.29 is 14.3 Å². The fourth-order valence-corrected chi connectivity index (χ4v) is 0.897. The van der Waals surface area contributed by atoms with E-state index in [1.54, 1.807) is 26.0 Å². The molecule has 0 aliphatic carbocycles. The molecule has 4 heteroatoms. The van der Waals surface area contributed by atoms with Crippen molar-refractivity contribution in [2.24, 2.45) is 0 Å². The van der Waals surface area contributed by atoms with Crippen LogP contribution in [0.15, 0.2) is 16.5 Å². The molecule has 1 aromatic rings. The molecule has 0 aliphatic heterocycles. The Morgan fingerprint density at radius 1 is 1.69 bits per heavy atom. The molecule has 0 spiro atoms. The molecule has 0 aliphatic rings. The fourth-order valence-electron chi connectivity index (χ4n) is 0.897. The van der Waals surface area contributed by atoms with Gasteiger partial charge in [-0.3, -0.25) is 4.79 Å². The molecule has 0 fully saturated rings. The van der Waals surface area contributed by atoms with Crippen LogP contribution < -0.4 is 5.32 Å². The molecule has 0 saturated heterocycles. The minimum Gasteiger partial charge on any atom is -0.456 e. The Bertz CT molecular complexity index is 293. The first kappa shape index (κ1) is 9.80. The fraction of sp³-hybridized carbons (Fsp3) is 0.444. The van der Waals surface area contributed by atoms with Gasteiger partial charge in [-0.1, -0.05) is 0 Å². The lowest BCUT2D eigenvalue weighted by molar-refractivity contribution is 0.0893. The highest BCUT2D eigenvalue weighted by atomic mass is 16.3. The second-order valence-electron chi connectivity index (χ2n) is 2.97. The van der Waals surface area contributed by atoms with Crippen molar-refractivity contribution in [2.75, 3.05) is 6.61 Å². The molecular formula is C9H13NO3. The molecule has 0 radical (unpaired) electrons. The number of rotatable bonds is 3. The van der Waals surface area contributed by atoms with Crippen molar-refractivity contribution in [2.45, 2.75) is 19.9 Å². The summed E-state index contributed by atoms with van der Waals surface area (Å²) in [6, 6.07) is 3.07. The van der Waals surface area contributed by atoms with Crippen molar-refractivity contribution in [1.29, 1.82) is 0 Å². The van der Waals surface area contributed by atoms with E-state index in [-0.39, 0.29) is 24.3 Å². The number of hydrogen-bond acceptors (Lipinski definition) is 3. The summed E-state index contributed by atoms with van der Waals surface area (Å²) in [6.07, 6.45) is 0. The number of aliphatic hydroxyl groups is 1. The zero-order chi connectivity index (χ0) is 9.84. The van der Waals surface area contributed by atoms with E-state index in [4.69, 9.17) is 9.52 Å². The number of furan rings is 1. The van der Waals surface area contributed by atoms with Crippen LogP contribution in [-0.4, -0.2) is 23.7 Å². The Morgan fingerprint density at radius 2 is 2.38 bits per heavy atom. The van der Waals surface area contributed by atoms with Crippen molar-refractivity contribution in [3.8, 4) is 0 Å². The molecule has 4 nitrogen and oxygen atoms in total. The third-order valence-electron chi connectivity index (χ3n) is 1.62. The second-order valence-corrected chi connectivity index (χ2v) is 2.97. The normalized spacial score (nSPS) is 12.5. The quantitative estimate of drug-likeness (QED) is 0.725. The van der Waals surface area contributed by atoms with Crippen LogP contribution in [0.25, 0.3) is 0 Å². The van der Waals surface area contributed by atoms with Gasteiger partial charge in [0.2, 0.25) is 0 Å². The Balaban J connectivity index is 2.58. The smallest absolute Gasteiger partial charge is 0.287 e. The summed E-state index contributed by atoms with van der Waals surface area (Å²) in [5.41, 5.74) is 0. The maximum absolute atomic E-state index is 11.3. The van der Waals surface area contributed by atoms with Crippen LogP contribution in [-0.2, 0) is 0 Å². The summed E-state index contributed by atoms with van der Waals surface area (Å²) in [7, 11) is 0. The summed E-state index contributed by atoms with van der Waals surface area (Å²) in [4.78, 5) is 11.3. The number of nitrogens with one attached hydrogen (secondary N) is 1. The molecule has 2 N–H and O–H groups in total. The first-order valence-electron chi connectivity index (χ1n) is 4.11. The maximum Gasteiger partial charge on any atom is 0.287 e. The average molecular weight is 183 g/mol. The van der Waals surface area contributed by atoms with Crippen LogP contribution in [0.3, 0.4) is 0 Å². The highest BCUT2D eigenvalue weighted by Crippen LogP contribution is 2.05. The van der Waals surface area contributed by atoms with Gasteiger partial charge in [-0.05, 0) is 26.0 Å². The van der Waals surface area contributed by atoms with Gasteiger partial charge in [0, 0.05) is 6.04 Å². The molecule has 1 rings (SSSR count). The molecule has 1 heterocycles. The average Bonchev–Trinajstić information content (AvgIpc) is 2.51. The van der Waals surface area contributed by atoms with E-state index in [1.165, 1.54) is 0 Å². The predicted octanol–water partition coefficient (Wildman–Crippen LogP) is 0.699. The number of carbonyl (C=O) groups is 1. The minimum atomic E-state index is -0.297. The first-order chi connectivity index (χ1) is 6.13. The largest absolute Gasteiger partial charge is 0.456 e. The van der Waals surface area contributed by atoms with Crippen LogP contribution in [0.2, 0.25) is 0 Å². The predicted molar refractivity (Wildman–Crippen MR) is 47.5 cm³/mol. The molecule has 72 valence electrons. The van der Waals surface area contributed by atoms with Crippen molar-refractivity contribution in [1.82, 2.24) is 5.32 Å². The highest BCUT2D eigenvalue weighted by Gasteiger charge is 2.11. The van der Waals surface area contributed by atoms with E-state index in [9.17, 15) is 4.79 Å². The number of aryl methyl sites for hydroxylation is 1. The topological polar surface area (TPSA) is 62.5 Å². The summed E-state index contributed by atoms with van der Waals surface area (Å²) < 4.78 is 5.10. The lowest BCUT2D eigenvalue weighted by Crippen LogP contribution is -2.34. The van der Waals surface area contributed by atoms with Crippen LogP contribution in [0.1, 0.15) is 23.2 Å². The first-order valence-corrected chi connectivity index (χ1v) is 4.11. The van der Waals surface area contributed by atoms with Gasteiger partial charge in [-0.25, -0.2) is 0 Å². The van der Waals surface area contributed by atoms with Crippen LogP contribution in [0.4, 0.5) is 0 Å². The SMILES string of the molecule is Cc1ccc(C(=O)N[C@H](C)CO)o1. The van der Waals surface area contributed by atoms with E-state index in [0.29, 0.717) is 5.76 Å². The summed E-state index contributed by atoms with van der Waals surface area (Å²) in [5.74, 6) is 0.675. The van der Waals surface area contributed by atoms with Crippen LogP contribution in [0.5, 0.6) is 0 Å². The van der Waals surface area contributed by atoms with Gasteiger partial charge in [0.1, 0.15) is 5.76 Å². The van der Waals surface area contributed by atoms with Gasteiger partial charge in [-0.15, -0.1) is 0 Å². The summed E-state index contributed by atoms with van der Waals surface area (Å²) in [5, 5.41) is 11.3. The molecule has 1 aromatic heterocycles. The molecule has 1 amide bonds. The lowest BCUT2D eigenvalue weighted by atomic mass is 10.3. The van der Waals surface area contributed by atoms with E-state index in [1.807, 2.05) is 0 Å². The monoisotopic (exact) mass is 183 g/mol. The Morgan fingerprint density at radius 3 is 2.85 bits per heavy atom. The molecule has 13 heavy (non-hydrogen) atoms. The van der Waals surface area contributed by atoms with Crippen LogP contribution >= 0.6 is 0 Å². The van der Waals surface area contributed by atoms with E-state index in [2.05, 4.69) is 5.32 Å². The minimum absolute atomic E-state index is 0.0779. The van der Waals surface area contributed by atoms with Gasteiger partial charge < -0.3 is 14.8 Å². The molecule has 1 atom stereocenters. The Hall–Kier alpha value is -1.29.